The predicted molar refractivity (Wildman–Crippen MR) is 105 cm³/mol. The lowest BCUT2D eigenvalue weighted by Gasteiger charge is -2.22. The second-order valence-corrected chi connectivity index (χ2v) is 6.06. The summed E-state index contributed by atoms with van der Waals surface area (Å²) >= 11 is 0. The number of hydrogen-bond acceptors (Lipinski definition) is 1. The number of hydrogen-bond donors (Lipinski definition) is 1. The Bertz CT molecular complexity index is 701. The van der Waals surface area contributed by atoms with Crippen LogP contribution in [0.5, 0.6) is 0 Å². The molecule has 0 aliphatic heterocycles. The lowest BCUT2D eigenvalue weighted by Crippen LogP contribution is -2.06. The van der Waals surface area contributed by atoms with Gasteiger partial charge in [-0.1, -0.05) is 78.9 Å². The Kier molecular flexibility index (Phi) is 6.77. The molecule has 24 heavy (non-hydrogen) atoms. The molecule has 1 heteroatoms. The minimum absolute atomic E-state index is 0.300. The van der Waals surface area contributed by atoms with Crippen LogP contribution in [0.1, 0.15) is 33.7 Å². The maximum absolute atomic E-state index is 2.75. The van der Waals surface area contributed by atoms with Gasteiger partial charge in [0.25, 0.3) is 0 Å². The molecule has 0 saturated carbocycles. The molecule has 3 aromatic rings. The fraction of sp³-hybridized carbons (Fsp3) is 0.217. The maximum Gasteiger partial charge on any atom is 0.0345 e. The fourth-order valence-corrected chi connectivity index (χ4v) is 2.99. The zero-order valence-electron chi connectivity index (χ0n) is 15.1. The molecule has 0 unspecified atom stereocenters. The van der Waals surface area contributed by atoms with Gasteiger partial charge in [-0.15, -0.1) is 0 Å². The largest absolute Gasteiger partial charge is 0.323 e. The SMILES string of the molecule is CNC.Cc1ccccc1C(c1ccccc1)c1ccccc1C. The Labute approximate surface area is 146 Å². The Morgan fingerprint density at radius 2 is 0.958 bits per heavy atom. The van der Waals surface area contributed by atoms with Crippen molar-refractivity contribution in [2.75, 3.05) is 14.1 Å². The summed E-state index contributed by atoms with van der Waals surface area (Å²) < 4.78 is 0. The van der Waals surface area contributed by atoms with Crippen LogP contribution in [-0.2, 0) is 0 Å². The molecule has 124 valence electrons. The molecule has 0 radical (unpaired) electrons. The fourth-order valence-electron chi connectivity index (χ4n) is 2.99. The van der Waals surface area contributed by atoms with Gasteiger partial charge in [0, 0.05) is 5.92 Å². The predicted octanol–water partition coefficient (Wildman–Crippen LogP) is 5.32. The van der Waals surface area contributed by atoms with Crippen LogP contribution in [0, 0.1) is 13.8 Å². The number of aryl methyl sites for hydroxylation is 2. The van der Waals surface area contributed by atoms with Crippen molar-refractivity contribution in [1.82, 2.24) is 5.32 Å². The Morgan fingerprint density at radius 1 is 0.583 bits per heavy atom. The van der Waals surface area contributed by atoms with Gasteiger partial charge >= 0.3 is 0 Å². The third-order valence-corrected chi connectivity index (χ3v) is 4.13. The van der Waals surface area contributed by atoms with Crippen molar-refractivity contribution in [1.29, 1.82) is 0 Å². The summed E-state index contributed by atoms with van der Waals surface area (Å²) in [7, 11) is 3.75. The molecule has 1 N–H and O–H groups in total. The van der Waals surface area contributed by atoms with E-state index in [9.17, 15) is 0 Å². The minimum Gasteiger partial charge on any atom is -0.323 e. The van der Waals surface area contributed by atoms with Crippen LogP contribution in [0.25, 0.3) is 0 Å². The highest BCUT2D eigenvalue weighted by Crippen LogP contribution is 2.35. The highest BCUT2D eigenvalue weighted by Gasteiger charge is 2.19. The standard InChI is InChI=1S/C21H20.C2H7N/c1-16-10-6-8-14-19(16)21(18-12-4-3-5-13-18)20-15-9-7-11-17(20)2;1-3-2/h3-15,21H,1-2H3;3H,1-2H3. The van der Waals surface area contributed by atoms with E-state index in [1.54, 1.807) is 0 Å². The van der Waals surface area contributed by atoms with Crippen molar-refractivity contribution in [2.24, 2.45) is 0 Å². The molecule has 0 fully saturated rings. The molecule has 0 spiro atoms. The van der Waals surface area contributed by atoms with Crippen molar-refractivity contribution in [3.63, 3.8) is 0 Å². The lowest BCUT2D eigenvalue weighted by atomic mass is 9.81. The highest BCUT2D eigenvalue weighted by atomic mass is 14.7. The Morgan fingerprint density at radius 3 is 1.38 bits per heavy atom. The summed E-state index contributed by atoms with van der Waals surface area (Å²) in [5, 5.41) is 2.75. The molecular formula is C23H27N. The smallest absolute Gasteiger partial charge is 0.0345 e. The molecule has 0 saturated heterocycles. The van der Waals surface area contributed by atoms with Gasteiger partial charge < -0.3 is 5.32 Å². The summed E-state index contributed by atoms with van der Waals surface area (Å²) in [6.07, 6.45) is 0. The van der Waals surface area contributed by atoms with Crippen LogP contribution >= 0.6 is 0 Å². The first-order valence-electron chi connectivity index (χ1n) is 8.43. The summed E-state index contributed by atoms with van der Waals surface area (Å²) in [6, 6.07) is 28.2. The van der Waals surface area contributed by atoms with Gasteiger partial charge in [0.1, 0.15) is 0 Å². The molecule has 3 rings (SSSR count). The van der Waals surface area contributed by atoms with Gasteiger partial charge in [-0.2, -0.15) is 0 Å². The van der Waals surface area contributed by atoms with Crippen molar-refractivity contribution < 1.29 is 0 Å². The van der Waals surface area contributed by atoms with E-state index in [0.29, 0.717) is 5.92 Å². The van der Waals surface area contributed by atoms with E-state index in [1.807, 2.05) is 14.1 Å². The lowest BCUT2D eigenvalue weighted by molar-refractivity contribution is 0.949. The van der Waals surface area contributed by atoms with Gasteiger partial charge in [0.2, 0.25) is 0 Å². The summed E-state index contributed by atoms with van der Waals surface area (Å²) in [5.41, 5.74) is 6.81. The minimum atomic E-state index is 0.300. The van der Waals surface area contributed by atoms with Crippen LogP contribution < -0.4 is 5.32 Å². The molecule has 3 aromatic carbocycles. The van der Waals surface area contributed by atoms with Crippen molar-refractivity contribution in [2.45, 2.75) is 19.8 Å². The number of nitrogens with one attached hydrogen (secondary N) is 1. The van der Waals surface area contributed by atoms with Crippen molar-refractivity contribution in [3.05, 3.63) is 107 Å². The van der Waals surface area contributed by atoms with Gasteiger partial charge in [-0.3, -0.25) is 0 Å². The van der Waals surface area contributed by atoms with Crippen molar-refractivity contribution >= 4 is 0 Å². The van der Waals surface area contributed by atoms with Crippen LogP contribution in [-0.4, -0.2) is 14.1 Å². The highest BCUT2D eigenvalue weighted by molar-refractivity contribution is 5.48. The average Bonchev–Trinajstić information content (AvgIpc) is 2.60. The van der Waals surface area contributed by atoms with E-state index < -0.39 is 0 Å². The summed E-state index contributed by atoms with van der Waals surface area (Å²) in [4.78, 5) is 0. The van der Waals surface area contributed by atoms with E-state index in [4.69, 9.17) is 0 Å². The van der Waals surface area contributed by atoms with Crippen LogP contribution in [0.2, 0.25) is 0 Å². The monoisotopic (exact) mass is 317 g/mol. The summed E-state index contributed by atoms with van der Waals surface area (Å²) in [5.74, 6) is 0.300. The zero-order chi connectivity index (χ0) is 17.4. The van der Waals surface area contributed by atoms with Gasteiger partial charge in [0.15, 0.2) is 0 Å². The van der Waals surface area contributed by atoms with E-state index in [2.05, 4.69) is 98.0 Å². The molecule has 0 aliphatic carbocycles. The summed E-state index contributed by atoms with van der Waals surface area (Å²) in [6.45, 7) is 4.40. The van der Waals surface area contributed by atoms with E-state index in [1.165, 1.54) is 27.8 Å². The third-order valence-electron chi connectivity index (χ3n) is 4.13. The van der Waals surface area contributed by atoms with Gasteiger partial charge in [-0.05, 0) is 55.8 Å². The molecule has 0 aromatic heterocycles. The maximum atomic E-state index is 2.75. The van der Waals surface area contributed by atoms with Crippen molar-refractivity contribution in [3.8, 4) is 0 Å². The van der Waals surface area contributed by atoms with Gasteiger partial charge in [-0.25, -0.2) is 0 Å². The number of rotatable bonds is 3. The first kappa shape index (κ1) is 18.0. The van der Waals surface area contributed by atoms with Gasteiger partial charge in [0.05, 0.1) is 0 Å². The van der Waals surface area contributed by atoms with E-state index in [0.717, 1.165) is 0 Å². The molecule has 0 atom stereocenters. The van der Waals surface area contributed by atoms with E-state index >= 15 is 0 Å². The third kappa shape index (κ3) is 4.33. The molecule has 0 bridgehead atoms. The first-order valence-corrected chi connectivity index (χ1v) is 8.43. The molecule has 0 aliphatic rings. The van der Waals surface area contributed by atoms with Crippen LogP contribution in [0.3, 0.4) is 0 Å². The average molecular weight is 317 g/mol. The number of benzene rings is 3. The molecule has 1 nitrogen and oxygen atoms in total. The zero-order valence-corrected chi connectivity index (χ0v) is 15.1. The second-order valence-electron chi connectivity index (χ2n) is 6.06. The molecule has 0 amide bonds. The van der Waals surface area contributed by atoms with E-state index in [-0.39, 0.29) is 0 Å². The Hall–Kier alpha value is -2.38. The molecular weight excluding hydrogens is 290 g/mol. The first-order chi connectivity index (χ1) is 11.7. The Balaban J connectivity index is 0.000000647. The topological polar surface area (TPSA) is 12.0 Å². The normalized spacial score (nSPS) is 10.2. The van der Waals surface area contributed by atoms with Crippen LogP contribution in [0.15, 0.2) is 78.9 Å². The quantitative estimate of drug-likeness (QED) is 0.645. The molecule has 0 heterocycles. The van der Waals surface area contributed by atoms with Crippen LogP contribution in [0.4, 0.5) is 0 Å². The second kappa shape index (κ2) is 9.05.